The van der Waals surface area contributed by atoms with Crippen molar-refractivity contribution in [2.75, 3.05) is 5.73 Å². The molecule has 0 saturated heterocycles. The summed E-state index contributed by atoms with van der Waals surface area (Å²) in [5.74, 6) is -1.29. The summed E-state index contributed by atoms with van der Waals surface area (Å²) in [6.45, 7) is 3.46. The number of nitrogen functional groups attached to an aromatic ring is 1. The van der Waals surface area contributed by atoms with E-state index in [0.717, 1.165) is 12.1 Å². The van der Waals surface area contributed by atoms with Gasteiger partial charge in [-0.25, -0.2) is 8.78 Å². The maximum absolute atomic E-state index is 14.0. The first-order valence-electron chi connectivity index (χ1n) is 5.40. The second-order valence-electron chi connectivity index (χ2n) is 4.14. The van der Waals surface area contributed by atoms with Crippen LogP contribution in [0.4, 0.5) is 14.6 Å². The fourth-order valence-electron chi connectivity index (χ4n) is 2.01. The zero-order valence-corrected chi connectivity index (χ0v) is 11.8. The molecule has 0 bridgehead atoms. The van der Waals surface area contributed by atoms with Crippen LogP contribution in [0, 0.1) is 36.8 Å². The first kappa shape index (κ1) is 13.6. The second kappa shape index (κ2) is 4.67. The molecule has 0 atom stereocenters. The van der Waals surface area contributed by atoms with E-state index in [9.17, 15) is 8.78 Å². The van der Waals surface area contributed by atoms with Crippen LogP contribution in [0.1, 0.15) is 16.8 Å². The molecule has 0 aliphatic heterocycles. The predicted molar refractivity (Wildman–Crippen MR) is 72.0 cm³/mol. The summed E-state index contributed by atoms with van der Waals surface area (Å²) in [5.41, 5.74) is 7.60. The summed E-state index contributed by atoms with van der Waals surface area (Å²) in [6, 6.07) is 3.92. The smallest absolute Gasteiger partial charge is 0.151 e. The third-order valence-electron chi connectivity index (χ3n) is 3.07. The fourth-order valence-corrected chi connectivity index (χ4v) is 2.60. The van der Waals surface area contributed by atoms with Crippen molar-refractivity contribution < 1.29 is 8.78 Å². The van der Waals surface area contributed by atoms with Crippen molar-refractivity contribution in [1.82, 2.24) is 4.57 Å². The minimum atomic E-state index is -0.749. The van der Waals surface area contributed by atoms with E-state index in [4.69, 9.17) is 11.0 Å². The highest BCUT2D eigenvalue weighted by Crippen LogP contribution is 2.33. The molecule has 0 aliphatic rings. The van der Waals surface area contributed by atoms with Crippen LogP contribution in [0.3, 0.4) is 0 Å². The molecule has 0 spiro atoms. The number of nitrogens with two attached hydrogens (primary N) is 1. The second-order valence-corrected chi connectivity index (χ2v) is 4.99. The molecule has 0 amide bonds. The topological polar surface area (TPSA) is 54.7 Å². The van der Waals surface area contributed by atoms with Gasteiger partial charge in [-0.1, -0.05) is 0 Å². The number of benzene rings is 1. The van der Waals surface area contributed by atoms with Crippen LogP contribution in [0.25, 0.3) is 5.69 Å². The molecule has 2 rings (SSSR count). The number of hydrogen-bond acceptors (Lipinski definition) is 2. The molecule has 0 fully saturated rings. The third kappa shape index (κ3) is 2.00. The van der Waals surface area contributed by atoms with Crippen molar-refractivity contribution in [3.8, 4) is 11.8 Å². The summed E-state index contributed by atoms with van der Waals surface area (Å²) in [5, 5.41) is 9.06. The first-order chi connectivity index (χ1) is 8.88. The average Bonchev–Trinajstić information content (AvgIpc) is 2.52. The predicted octanol–water partition coefficient (Wildman–Crippen LogP) is 3.59. The largest absolute Gasteiger partial charge is 0.384 e. The van der Waals surface area contributed by atoms with Gasteiger partial charge in [-0.2, -0.15) is 5.26 Å². The molecule has 0 unspecified atom stereocenters. The van der Waals surface area contributed by atoms with Crippen LogP contribution in [-0.2, 0) is 0 Å². The molecule has 1 heterocycles. The van der Waals surface area contributed by atoms with Crippen molar-refractivity contribution in [1.29, 1.82) is 5.26 Å². The Kier molecular flexibility index (Phi) is 3.33. The van der Waals surface area contributed by atoms with Crippen LogP contribution < -0.4 is 5.73 Å². The number of aromatic nitrogens is 1. The third-order valence-corrected chi connectivity index (χ3v) is 3.67. The summed E-state index contributed by atoms with van der Waals surface area (Å²) in [4.78, 5) is 0. The van der Waals surface area contributed by atoms with Gasteiger partial charge in [-0.05, 0) is 41.4 Å². The van der Waals surface area contributed by atoms with Gasteiger partial charge in [-0.15, -0.1) is 0 Å². The van der Waals surface area contributed by atoms with Crippen molar-refractivity contribution >= 4 is 21.7 Å². The molecule has 2 N–H and O–H groups in total. The maximum atomic E-state index is 14.0. The van der Waals surface area contributed by atoms with Gasteiger partial charge in [-0.3, -0.25) is 4.57 Å². The normalized spacial score (nSPS) is 10.5. The Hall–Kier alpha value is -1.87. The van der Waals surface area contributed by atoms with Crippen LogP contribution >= 0.6 is 15.9 Å². The minimum absolute atomic E-state index is 0.0981. The van der Waals surface area contributed by atoms with E-state index in [0.29, 0.717) is 16.8 Å². The first-order valence-corrected chi connectivity index (χ1v) is 6.20. The zero-order chi connectivity index (χ0) is 14.3. The number of nitriles is 1. The molecular weight excluding hydrogens is 316 g/mol. The number of nitrogens with zero attached hydrogens (tertiary/aromatic N) is 2. The van der Waals surface area contributed by atoms with Crippen LogP contribution in [0.2, 0.25) is 0 Å². The molecule has 0 saturated carbocycles. The van der Waals surface area contributed by atoms with E-state index in [2.05, 4.69) is 15.9 Å². The Bertz CT molecular complexity index is 691. The van der Waals surface area contributed by atoms with Gasteiger partial charge in [0, 0.05) is 16.2 Å². The Morgan fingerprint density at radius 3 is 2.42 bits per heavy atom. The average molecular weight is 326 g/mol. The van der Waals surface area contributed by atoms with Gasteiger partial charge in [0.05, 0.1) is 11.3 Å². The molecule has 3 nitrogen and oxygen atoms in total. The van der Waals surface area contributed by atoms with Gasteiger partial charge in [0.15, 0.2) is 5.82 Å². The van der Waals surface area contributed by atoms with E-state index in [-0.39, 0.29) is 16.0 Å². The van der Waals surface area contributed by atoms with Crippen molar-refractivity contribution in [2.45, 2.75) is 13.8 Å². The molecule has 0 radical (unpaired) electrons. The monoisotopic (exact) mass is 325 g/mol. The highest BCUT2D eigenvalue weighted by Gasteiger charge is 2.21. The van der Waals surface area contributed by atoms with Crippen molar-refractivity contribution in [3.63, 3.8) is 0 Å². The molecule has 1 aromatic heterocycles. The Morgan fingerprint density at radius 2 is 1.95 bits per heavy atom. The summed E-state index contributed by atoms with van der Waals surface area (Å²) >= 11 is 3.12. The van der Waals surface area contributed by atoms with Gasteiger partial charge < -0.3 is 5.73 Å². The molecular formula is C13H10BrF2N3. The maximum Gasteiger partial charge on any atom is 0.151 e. The molecule has 1 aromatic carbocycles. The number of anilines is 1. The number of hydrogen-bond donors (Lipinski definition) is 1. The van der Waals surface area contributed by atoms with E-state index >= 15 is 0 Å². The SMILES string of the molecule is Cc1c(C#N)c(N)n(-c2c(F)cc(F)cc2Br)c1C. The van der Waals surface area contributed by atoms with Crippen LogP contribution in [0.15, 0.2) is 16.6 Å². The quantitative estimate of drug-likeness (QED) is 0.871. The number of halogens is 3. The van der Waals surface area contributed by atoms with Crippen LogP contribution in [0.5, 0.6) is 0 Å². The van der Waals surface area contributed by atoms with E-state index in [1.165, 1.54) is 4.57 Å². The highest BCUT2D eigenvalue weighted by molar-refractivity contribution is 9.10. The zero-order valence-electron chi connectivity index (χ0n) is 10.3. The minimum Gasteiger partial charge on any atom is -0.384 e. The Balaban J connectivity index is 2.85. The molecule has 98 valence electrons. The Morgan fingerprint density at radius 1 is 1.32 bits per heavy atom. The summed E-state index contributed by atoms with van der Waals surface area (Å²) in [6.07, 6.45) is 0. The molecule has 6 heteroatoms. The lowest BCUT2D eigenvalue weighted by Gasteiger charge is -2.12. The van der Waals surface area contributed by atoms with Crippen molar-refractivity contribution in [3.05, 3.63) is 45.1 Å². The molecule has 2 aromatic rings. The lowest BCUT2D eigenvalue weighted by Crippen LogP contribution is -2.06. The summed E-state index contributed by atoms with van der Waals surface area (Å²) < 4.78 is 28.7. The van der Waals surface area contributed by atoms with Crippen molar-refractivity contribution in [2.24, 2.45) is 0 Å². The van der Waals surface area contributed by atoms with E-state index in [1.54, 1.807) is 13.8 Å². The lowest BCUT2D eigenvalue weighted by atomic mass is 10.2. The molecule has 0 aliphatic carbocycles. The van der Waals surface area contributed by atoms with Gasteiger partial charge in [0.25, 0.3) is 0 Å². The fraction of sp³-hybridized carbons (Fsp3) is 0.154. The highest BCUT2D eigenvalue weighted by atomic mass is 79.9. The standard InChI is InChI=1S/C13H10BrF2N3/c1-6-7(2)19(13(18)9(6)5-17)12-10(14)3-8(15)4-11(12)16/h3-4H,18H2,1-2H3. The van der Waals surface area contributed by atoms with Gasteiger partial charge in [0.2, 0.25) is 0 Å². The van der Waals surface area contributed by atoms with E-state index in [1.807, 2.05) is 6.07 Å². The van der Waals surface area contributed by atoms with Gasteiger partial charge in [0.1, 0.15) is 17.7 Å². The van der Waals surface area contributed by atoms with E-state index < -0.39 is 11.6 Å². The van der Waals surface area contributed by atoms with Crippen LogP contribution in [-0.4, -0.2) is 4.57 Å². The lowest BCUT2D eigenvalue weighted by molar-refractivity contribution is 0.576. The summed E-state index contributed by atoms with van der Waals surface area (Å²) in [7, 11) is 0. The number of rotatable bonds is 1. The Labute approximate surface area is 117 Å². The molecule has 19 heavy (non-hydrogen) atoms. The van der Waals surface area contributed by atoms with Gasteiger partial charge >= 0.3 is 0 Å².